The van der Waals surface area contributed by atoms with Crippen molar-refractivity contribution in [2.24, 2.45) is 23.2 Å². The lowest BCUT2D eigenvalue weighted by atomic mass is 9.49. The second-order valence-electron chi connectivity index (χ2n) is 8.84. The van der Waals surface area contributed by atoms with Crippen LogP contribution in [-0.4, -0.2) is 23.0 Å². The summed E-state index contributed by atoms with van der Waals surface area (Å²) in [6.45, 7) is 3.71. The molecule has 1 atom stereocenters. The minimum atomic E-state index is -0.885. The fraction of sp³-hybridized carbons (Fsp3) is 0.810. The van der Waals surface area contributed by atoms with E-state index >= 15 is 0 Å². The number of amides is 1. The second kappa shape index (κ2) is 7.92. The molecule has 0 aromatic heterocycles. The van der Waals surface area contributed by atoms with Gasteiger partial charge < -0.3 is 10.4 Å². The molecule has 0 unspecified atom stereocenters. The van der Waals surface area contributed by atoms with Gasteiger partial charge in [0, 0.05) is 5.41 Å². The number of carboxylic acids is 1. The van der Waals surface area contributed by atoms with Gasteiger partial charge in [0.1, 0.15) is 6.04 Å². The van der Waals surface area contributed by atoms with Crippen molar-refractivity contribution in [2.75, 3.05) is 0 Å². The molecule has 4 heteroatoms. The molecule has 4 aliphatic rings. The Kier molecular flexibility index (Phi) is 5.85. The Balaban J connectivity index is 1.51. The second-order valence-corrected chi connectivity index (χ2v) is 8.84. The van der Waals surface area contributed by atoms with E-state index in [2.05, 4.69) is 11.9 Å². The lowest BCUT2D eigenvalue weighted by Crippen LogP contribution is -2.56. The van der Waals surface area contributed by atoms with Crippen molar-refractivity contribution in [1.29, 1.82) is 0 Å². The van der Waals surface area contributed by atoms with Crippen molar-refractivity contribution in [3.8, 4) is 0 Å². The number of nitrogens with one attached hydrogen (secondary N) is 1. The Morgan fingerprint density at radius 3 is 2.12 bits per heavy atom. The van der Waals surface area contributed by atoms with Gasteiger partial charge in [-0.2, -0.15) is 0 Å². The van der Waals surface area contributed by atoms with E-state index in [1.807, 2.05) is 6.08 Å². The van der Waals surface area contributed by atoms with Crippen LogP contribution in [0.4, 0.5) is 0 Å². The summed E-state index contributed by atoms with van der Waals surface area (Å²) in [5, 5.41) is 12.4. The summed E-state index contributed by atoms with van der Waals surface area (Å²) >= 11 is 0. The number of rotatable bonds is 10. The molecule has 4 rings (SSSR count). The first-order valence-corrected chi connectivity index (χ1v) is 10.2. The largest absolute Gasteiger partial charge is 0.480 e. The summed E-state index contributed by atoms with van der Waals surface area (Å²) in [5.41, 5.74) is -0.258. The maximum Gasteiger partial charge on any atom is 0.326 e. The lowest BCUT2D eigenvalue weighted by Gasteiger charge is -2.55. The Hall–Kier alpha value is -1.32. The maximum atomic E-state index is 13.0. The molecule has 4 nitrogen and oxygen atoms in total. The van der Waals surface area contributed by atoms with Crippen LogP contribution in [0.1, 0.15) is 77.0 Å². The van der Waals surface area contributed by atoms with Gasteiger partial charge in [-0.15, -0.1) is 6.58 Å². The number of allylic oxidation sites excluding steroid dienone is 1. The van der Waals surface area contributed by atoms with Crippen LogP contribution >= 0.6 is 0 Å². The smallest absolute Gasteiger partial charge is 0.326 e. The van der Waals surface area contributed by atoms with Crippen LogP contribution in [0, 0.1) is 23.2 Å². The first-order valence-electron chi connectivity index (χ1n) is 10.2. The Morgan fingerprint density at radius 1 is 1.04 bits per heavy atom. The highest BCUT2D eigenvalue weighted by Gasteiger charge is 2.54. The Labute approximate surface area is 151 Å². The van der Waals surface area contributed by atoms with Gasteiger partial charge in [-0.25, -0.2) is 4.79 Å². The van der Waals surface area contributed by atoms with Crippen LogP contribution in [0.15, 0.2) is 12.7 Å². The first-order chi connectivity index (χ1) is 12.0. The molecule has 0 heterocycles. The Bertz CT molecular complexity index is 478. The topological polar surface area (TPSA) is 66.4 Å². The predicted molar refractivity (Wildman–Crippen MR) is 98.1 cm³/mol. The average molecular weight is 347 g/mol. The van der Waals surface area contributed by atoms with Crippen LogP contribution in [0.2, 0.25) is 0 Å². The molecule has 25 heavy (non-hydrogen) atoms. The van der Waals surface area contributed by atoms with Crippen LogP contribution in [-0.2, 0) is 9.59 Å². The number of carbonyl (C=O) groups is 2. The molecular weight excluding hydrogens is 314 g/mol. The molecule has 4 saturated carbocycles. The van der Waals surface area contributed by atoms with Crippen molar-refractivity contribution in [2.45, 2.75) is 83.1 Å². The van der Waals surface area contributed by atoms with Gasteiger partial charge >= 0.3 is 5.97 Å². The summed E-state index contributed by atoms with van der Waals surface area (Å²) < 4.78 is 0. The molecule has 0 spiro atoms. The summed E-state index contributed by atoms with van der Waals surface area (Å²) in [7, 11) is 0. The fourth-order valence-corrected chi connectivity index (χ4v) is 5.95. The molecule has 4 bridgehead atoms. The zero-order chi connectivity index (χ0) is 17.9. The normalized spacial score (nSPS) is 33.8. The monoisotopic (exact) mass is 347 g/mol. The highest BCUT2D eigenvalue weighted by Crippen LogP contribution is 2.60. The van der Waals surface area contributed by atoms with Crippen molar-refractivity contribution in [3.63, 3.8) is 0 Å². The molecular formula is C21H33NO3. The van der Waals surface area contributed by atoms with Crippen LogP contribution in [0.25, 0.3) is 0 Å². The lowest BCUT2D eigenvalue weighted by molar-refractivity contribution is -0.151. The Morgan fingerprint density at radius 2 is 1.60 bits per heavy atom. The van der Waals surface area contributed by atoms with E-state index < -0.39 is 12.0 Å². The average Bonchev–Trinajstić information content (AvgIpc) is 2.55. The van der Waals surface area contributed by atoms with E-state index in [1.54, 1.807) is 0 Å². The quantitative estimate of drug-likeness (QED) is 0.457. The fourth-order valence-electron chi connectivity index (χ4n) is 5.95. The minimum Gasteiger partial charge on any atom is -0.480 e. The van der Waals surface area contributed by atoms with E-state index in [-0.39, 0.29) is 11.3 Å². The van der Waals surface area contributed by atoms with Crippen LogP contribution < -0.4 is 5.32 Å². The number of hydrogen-bond acceptors (Lipinski definition) is 2. The van der Waals surface area contributed by atoms with E-state index in [4.69, 9.17) is 0 Å². The molecule has 0 saturated heterocycles. The molecule has 0 aliphatic heterocycles. The maximum absolute atomic E-state index is 13.0. The van der Waals surface area contributed by atoms with Crippen LogP contribution in [0.5, 0.6) is 0 Å². The van der Waals surface area contributed by atoms with E-state index in [1.165, 1.54) is 19.3 Å². The highest BCUT2D eigenvalue weighted by atomic mass is 16.4. The third-order valence-corrected chi connectivity index (χ3v) is 6.77. The summed E-state index contributed by atoms with van der Waals surface area (Å²) in [6, 6.07) is -0.722. The highest BCUT2D eigenvalue weighted by molar-refractivity contribution is 5.87. The van der Waals surface area contributed by atoms with Crippen LogP contribution in [0.3, 0.4) is 0 Å². The number of carboxylic acid groups (broad SMARTS) is 1. The van der Waals surface area contributed by atoms with Gasteiger partial charge in [0.2, 0.25) is 5.91 Å². The predicted octanol–water partition coefficient (Wildman–Crippen LogP) is 4.30. The van der Waals surface area contributed by atoms with Gasteiger partial charge in [-0.05, 0) is 75.5 Å². The van der Waals surface area contributed by atoms with E-state index in [0.29, 0.717) is 24.2 Å². The molecule has 0 aromatic carbocycles. The summed E-state index contributed by atoms with van der Waals surface area (Å²) in [4.78, 5) is 24.6. The molecule has 0 aromatic rings. The molecule has 1 amide bonds. The van der Waals surface area contributed by atoms with Gasteiger partial charge in [0.25, 0.3) is 0 Å². The first kappa shape index (κ1) is 18.5. The van der Waals surface area contributed by atoms with Gasteiger partial charge in [-0.3, -0.25) is 4.79 Å². The zero-order valence-electron chi connectivity index (χ0n) is 15.3. The van der Waals surface area contributed by atoms with Crippen molar-refractivity contribution >= 4 is 11.9 Å². The zero-order valence-corrected chi connectivity index (χ0v) is 15.3. The van der Waals surface area contributed by atoms with Crippen molar-refractivity contribution in [1.82, 2.24) is 5.32 Å². The molecule has 4 aliphatic carbocycles. The SMILES string of the molecule is C=CCCCCCC[C@@H](NC(=O)C12CC3CC(CC(C3)C1)C2)C(=O)O. The number of hydrogen-bond donors (Lipinski definition) is 2. The molecule has 0 radical (unpaired) electrons. The number of unbranched alkanes of at least 4 members (excludes halogenated alkanes) is 4. The minimum absolute atomic E-state index is 0.0330. The summed E-state index contributed by atoms with van der Waals surface area (Å²) in [6.07, 6.45) is 14.4. The van der Waals surface area contributed by atoms with Gasteiger partial charge in [0.15, 0.2) is 0 Å². The standard InChI is InChI=1S/C21H33NO3/c1-2-3-4-5-6-7-8-18(19(23)24)22-20(25)21-12-15-9-16(13-21)11-17(10-15)14-21/h2,15-18H,1,3-14H2,(H,22,25)(H,23,24)/t15?,16?,17?,18-,21?/m1/s1. The third kappa shape index (κ3) is 4.27. The van der Waals surface area contributed by atoms with Crippen molar-refractivity contribution in [3.05, 3.63) is 12.7 Å². The van der Waals surface area contributed by atoms with E-state index in [0.717, 1.165) is 51.4 Å². The molecule has 140 valence electrons. The number of aliphatic carboxylic acids is 1. The number of carbonyl (C=O) groups excluding carboxylic acids is 1. The van der Waals surface area contributed by atoms with E-state index in [9.17, 15) is 14.7 Å². The van der Waals surface area contributed by atoms with Gasteiger partial charge in [-0.1, -0.05) is 25.3 Å². The summed E-state index contributed by atoms with van der Waals surface area (Å²) in [5.74, 6) is 1.25. The van der Waals surface area contributed by atoms with Gasteiger partial charge in [0.05, 0.1) is 0 Å². The third-order valence-electron chi connectivity index (χ3n) is 6.77. The molecule has 4 fully saturated rings. The van der Waals surface area contributed by atoms with Crippen molar-refractivity contribution < 1.29 is 14.7 Å². The molecule has 2 N–H and O–H groups in total.